The number of hydrogen-bond acceptors (Lipinski definition) is 5. The van der Waals surface area contributed by atoms with E-state index in [1.54, 1.807) is 6.08 Å². The van der Waals surface area contributed by atoms with Gasteiger partial charge in [0.2, 0.25) is 10.0 Å². The first-order valence-electron chi connectivity index (χ1n) is 7.02. The van der Waals surface area contributed by atoms with Gasteiger partial charge in [0, 0.05) is 18.1 Å². The van der Waals surface area contributed by atoms with Crippen molar-refractivity contribution in [2.45, 2.75) is 18.2 Å². The van der Waals surface area contributed by atoms with Gasteiger partial charge in [-0.05, 0) is 40.5 Å². The van der Waals surface area contributed by atoms with Crippen molar-refractivity contribution in [3.8, 4) is 0 Å². The van der Waals surface area contributed by atoms with Crippen molar-refractivity contribution in [3.05, 3.63) is 40.4 Å². The zero-order valence-electron chi connectivity index (χ0n) is 13.0. The number of nitrogens with one attached hydrogen (secondary N) is 1. The van der Waals surface area contributed by atoms with Crippen LogP contribution in [0, 0.1) is 0 Å². The van der Waals surface area contributed by atoms with Gasteiger partial charge in [0.25, 0.3) is 0 Å². The average Bonchev–Trinajstić information content (AvgIpc) is 2.51. The van der Waals surface area contributed by atoms with Crippen LogP contribution >= 0.6 is 15.9 Å². The van der Waals surface area contributed by atoms with Crippen molar-refractivity contribution in [1.82, 2.24) is 4.72 Å². The van der Waals surface area contributed by atoms with Crippen molar-refractivity contribution >= 4 is 31.9 Å². The summed E-state index contributed by atoms with van der Waals surface area (Å²) in [6, 6.07) is 4.20. The molecule has 1 aromatic carbocycles. The summed E-state index contributed by atoms with van der Waals surface area (Å²) in [5.41, 5.74) is 0.157. The molecule has 0 aliphatic rings. The molecule has 1 N–H and O–H groups in total. The van der Waals surface area contributed by atoms with Gasteiger partial charge in [-0.1, -0.05) is 19.1 Å². The van der Waals surface area contributed by atoms with Crippen LogP contribution in [0.3, 0.4) is 0 Å². The lowest BCUT2D eigenvalue weighted by molar-refractivity contribution is 0.0548. The molecule has 0 heterocycles. The van der Waals surface area contributed by atoms with Crippen LogP contribution in [0.5, 0.6) is 0 Å². The van der Waals surface area contributed by atoms with Crippen molar-refractivity contribution in [3.63, 3.8) is 0 Å². The molecule has 0 radical (unpaired) electrons. The summed E-state index contributed by atoms with van der Waals surface area (Å²) < 4.78 is 37.0. The molecule has 0 aliphatic heterocycles. The molecule has 0 saturated heterocycles. The topological polar surface area (TPSA) is 81.7 Å². The van der Waals surface area contributed by atoms with Crippen LogP contribution < -0.4 is 4.72 Å². The molecule has 0 aromatic heterocycles. The molecule has 0 unspecified atom stereocenters. The first-order valence-corrected chi connectivity index (χ1v) is 9.30. The Balaban J connectivity index is 2.90. The fraction of sp³-hybridized carbons (Fsp3) is 0.400. The molecule has 0 saturated carbocycles. The SMILES string of the molecule is CCC=CCOC(=O)c1cc(S(=O)(=O)NCCOC)ccc1Br. The van der Waals surface area contributed by atoms with Gasteiger partial charge in [0.05, 0.1) is 17.1 Å². The third kappa shape index (κ3) is 6.42. The zero-order chi connectivity index (χ0) is 17.3. The van der Waals surface area contributed by atoms with E-state index in [1.807, 2.05) is 13.0 Å². The lowest BCUT2D eigenvalue weighted by Crippen LogP contribution is -2.27. The van der Waals surface area contributed by atoms with E-state index in [9.17, 15) is 13.2 Å². The zero-order valence-corrected chi connectivity index (χ0v) is 15.4. The molecule has 0 atom stereocenters. The summed E-state index contributed by atoms with van der Waals surface area (Å²) in [6.07, 6.45) is 4.46. The molecule has 0 amide bonds. The molecule has 0 fully saturated rings. The van der Waals surface area contributed by atoms with Crippen molar-refractivity contribution < 1.29 is 22.7 Å². The van der Waals surface area contributed by atoms with E-state index in [1.165, 1.54) is 25.3 Å². The number of ether oxygens (including phenoxy) is 2. The number of carbonyl (C=O) groups excluding carboxylic acids is 1. The fourth-order valence-corrected chi connectivity index (χ4v) is 3.07. The van der Waals surface area contributed by atoms with Crippen LogP contribution in [-0.2, 0) is 19.5 Å². The summed E-state index contributed by atoms with van der Waals surface area (Å²) in [7, 11) is -2.23. The van der Waals surface area contributed by atoms with Crippen LogP contribution in [0.25, 0.3) is 0 Å². The summed E-state index contributed by atoms with van der Waals surface area (Å²) >= 11 is 3.23. The van der Waals surface area contributed by atoms with E-state index < -0.39 is 16.0 Å². The highest BCUT2D eigenvalue weighted by atomic mass is 79.9. The second kappa shape index (κ2) is 9.82. The second-order valence-corrected chi connectivity index (χ2v) is 7.13. The lowest BCUT2D eigenvalue weighted by Gasteiger charge is -2.09. The van der Waals surface area contributed by atoms with Gasteiger partial charge in [0.15, 0.2) is 0 Å². The first-order chi connectivity index (χ1) is 10.9. The predicted molar refractivity (Wildman–Crippen MR) is 90.9 cm³/mol. The Hall–Kier alpha value is -1.22. The highest BCUT2D eigenvalue weighted by Gasteiger charge is 2.18. The van der Waals surface area contributed by atoms with E-state index >= 15 is 0 Å². The van der Waals surface area contributed by atoms with Crippen LogP contribution in [0.1, 0.15) is 23.7 Å². The van der Waals surface area contributed by atoms with Crippen LogP contribution in [0.2, 0.25) is 0 Å². The number of benzene rings is 1. The number of allylic oxidation sites excluding steroid dienone is 1. The Morgan fingerprint density at radius 1 is 1.35 bits per heavy atom. The van der Waals surface area contributed by atoms with Gasteiger partial charge < -0.3 is 9.47 Å². The number of hydrogen-bond donors (Lipinski definition) is 1. The van der Waals surface area contributed by atoms with Crippen molar-refractivity contribution in [2.75, 3.05) is 26.9 Å². The molecule has 128 valence electrons. The Labute approximate surface area is 145 Å². The van der Waals surface area contributed by atoms with E-state index in [-0.39, 0.29) is 30.2 Å². The van der Waals surface area contributed by atoms with Crippen LogP contribution in [0.15, 0.2) is 39.7 Å². The molecule has 1 aromatic rings. The van der Waals surface area contributed by atoms with Crippen molar-refractivity contribution in [1.29, 1.82) is 0 Å². The molecular weight excluding hydrogens is 386 g/mol. The van der Waals surface area contributed by atoms with Gasteiger partial charge in [-0.3, -0.25) is 0 Å². The number of esters is 1. The van der Waals surface area contributed by atoms with E-state index in [2.05, 4.69) is 20.7 Å². The van der Waals surface area contributed by atoms with Gasteiger partial charge in [-0.25, -0.2) is 17.9 Å². The molecule has 23 heavy (non-hydrogen) atoms. The Morgan fingerprint density at radius 3 is 2.74 bits per heavy atom. The monoisotopic (exact) mass is 405 g/mol. The van der Waals surface area contributed by atoms with Gasteiger partial charge >= 0.3 is 5.97 Å². The smallest absolute Gasteiger partial charge is 0.339 e. The largest absolute Gasteiger partial charge is 0.458 e. The molecule has 8 heteroatoms. The average molecular weight is 406 g/mol. The maximum absolute atomic E-state index is 12.1. The highest BCUT2D eigenvalue weighted by Crippen LogP contribution is 2.22. The molecule has 1 rings (SSSR count). The maximum atomic E-state index is 12.1. The van der Waals surface area contributed by atoms with Gasteiger partial charge in [-0.2, -0.15) is 0 Å². The fourth-order valence-electron chi connectivity index (χ4n) is 1.63. The number of methoxy groups -OCH3 is 1. The standard InChI is InChI=1S/C15H20BrNO5S/c1-3-4-5-9-22-15(18)13-11-12(6-7-14(13)16)23(19,20)17-8-10-21-2/h4-7,11,17H,3,8-10H2,1-2H3. The quantitative estimate of drug-likeness (QED) is 0.387. The Morgan fingerprint density at radius 2 is 2.09 bits per heavy atom. The second-order valence-electron chi connectivity index (χ2n) is 4.51. The minimum Gasteiger partial charge on any atom is -0.458 e. The molecule has 0 spiro atoms. The van der Waals surface area contributed by atoms with Gasteiger partial charge in [0.1, 0.15) is 6.61 Å². The third-order valence-electron chi connectivity index (χ3n) is 2.78. The number of carbonyl (C=O) groups is 1. The van der Waals surface area contributed by atoms with Crippen LogP contribution in [-0.4, -0.2) is 41.3 Å². The summed E-state index contributed by atoms with van der Waals surface area (Å²) in [4.78, 5) is 12.0. The van der Waals surface area contributed by atoms with E-state index in [0.717, 1.165) is 6.42 Å². The third-order valence-corrected chi connectivity index (χ3v) is 4.93. The summed E-state index contributed by atoms with van der Waals surface area (Å²) in [6.45, 7) is 2.52. The minimum absolute atomic E-state index is 0.00662. The molecule has 0 aliphatic carbocycles. The first kappa shape index (κ1) is 19.8. The molecule has 0 bridgehead atoms. The van der Waals surface area contributed by atoms with Crippen LogP contribution in [0.4, 0.5) is 0 Å². The number of rotatable bonds is 9. The van der Waals surface area contributed by atoms with Gasteiger partial charge in [-0.15, -0.1) is 0 Å². The number of halogens is 1. The minimum atomic E-state index is -3.71. The maximum Gasteiger partial charge on any atom is 0.339 e. The predicted octanol–water partition coefficient (Wildman–Crippen LogP) is 2.50. The lowest BCUT2D eigenvalue weighted by atomic mass is 10.2. The van der Waals surface area contributed by atoms with E-state index in [0.29, 0.717) is 4.47 Å². The molecule has 6 nitrogen and oxygen atoms in total. The summed E-state index contributed by atoms with van der Waals surface area (Å²) in [5.74, 6) is -0.591. The van der Waals surface area contributed by atoms with E-state index in [4.69, 9.17) is 9.47 Å². The Bertz CT molecular complexity index is 658. The van der Waals surface area contributed by atoms with Crippen molar-refractivity contribution in [2.24, 2.45) is 0 Å². The Kier molecular flexibility index (Phi) is 8.46. The highest BCUT2D eigenvalue weighted by molar-refractivity contribution is 9.10. The normalized spacial score (nSPS) is 11.8. The molecular formula is C15H20BrNO5S. The summed E-state index contributed by atoms with van der Waals surface area (Å²) in [5, 5.41) is 0. The number of sulfonamides is 1.